The molecule has 1 saturated heterocycles. The van der Waals surface area contributed by atoms with E-state index in [0.717, 1.165) is 37.9 Å². The van der Waals surface area contributed by atoms with E-state index < -0.39 is 0 Å². The monoisotopic (exact) mass is 320 g/mol. The van der Waals surface area contributed by atoms with Gasteiger partial charge in [0.15, 0.2) is 0 Å². The van der Waals surface area contributed by atoms with E-state index in [1.807, 2.05) is 34.1 Å². The number of halogens is 1. The van der Waals surface area contributed by atoms with Crippen LogP contribution in [0.25, 0.3) is 0 Å². The SMILES string of the molecule is CC(=O)N1CCCN(C(=O)C2(c3cccc(Cl)c3)CC2)CC1. The first kappa shape index (κ1) is 15.3. The molecule has 5 heteroatoms. The molecule has 1 aromatic rings. The molecule has 0 unspecified atom stereocenters. The second-order valence-electron chi connectivity index (χ2n) is 6.24. The highest BCUT2D eigenvalue weighted by Gasteiger charge is 2.53. The average Bonchev–Trinajstić information content (AvgIpc) is 3.31. The summed E-state index contributed by atoms with van der Waals surface area (Å²) in [5.74, 6) is 0.283. The Morgan fingerprint density at radius 2 is 1.77 bits per heavy atom. The number of rotatable bonds is 2. The van der Waals surface area contributed by atoms with Gasteiger partial charge in [-0.2, -0.15) is 0 Å². The van der Waals surface area contributed by atoms with E-state index in [0.29, 0.717) is 18.1 Å². The van der Waals surface area contributed by atoms with Crippen LogP contribution in [0.3, 0.4) is 0 Å². The van der Waals surface area contributed by atoms with E-state index in [-0.39, 0.29) is 17.2 Å². The Morgan fingerprint density at radius 3 is 2.41 bits per heavy atom. The fraction of sp³-hybridized carbons (Fsp3) is 0.529. The summed E-state index contributed by atoms with van der Waals surface area (Å²) in [5.41, 5.74) is 0.647. The van der Waals surface area contributed by atoms with Crippen molar-refractivity contribution in [1.29, 1.82) is 0 Å². The molecule has 2 aliphatic rings. The fourth-order valence-electron chi connectivity index (χ4n) is 3.28. The molecule has 1 aliphatic carbocycles. The third kappa shape index (κ3) is 2.84. The Labute approximate surface area is 136 Å². The van der Waals surface area contributed by atoms with Gasteiger partial charge in [-0.1, -0.05) is 23.7 Å². The first-order valence-electron chi connectivity index (χ1n) is 7.84. The lowest BCUT2D eigenvalue weighted by Gasteiger charge is -2.26. The van der Waals surface area contributed by atoms with Crippen LogP contribution in [-0.2, 0) is 15.0 Å². The Balaban J connectivity index is 1.75. The molecule has 0 bridgehead atoms. The maximum absolute atomic E-state index is 13.0. The topological polar surface area (TPSA) is 40.6 Å². The number of nitrogens with zero attached hydrogens (tertiary/aromatic N) is 2. The van der Waals surface area contributed by atoms with Crippen molar-refractivity contribution in [2.45, 2.75) is 31.6 Å². The minimum Gasteiger partial charge on any atom is -0.341 e. The number of hydrogen-bond donors (Lipinski definition) is 0. The minimum atomic E-state index is -0.379. The summed E-state index contributed by atoms with van der Waals surface area (Å²) < 4.78 is 0. The molecule has 0 atom stereocenters. The van der Waals surface area contributed by atoms with E-state index >= 15 is 0 Å². The molecule has 22 heavy (non-hydrogen) atoms. The highest BCUT2D eigenvalue weighted by molar-refractivity contribution is 6.30. The van der Waals surface area contributed by atoms with Crippen molar-refractivity contribution in [3.8, 4) is 0 Å². The molecule has 118 valence electrons. The maximum atomic E-state index is 13.0. The Bertz CT molecular complexity index is 598. The molecule has 2 fully saturated rings. The van der Waals surface area contributed by atoms with Crippen LogP contribution in [0.5, 0.6) is 0 Å². The summed E-state index contributed by atoms with van der Waals surface area (Å²) >= 11 is 6.08. The highest BCUT2D eigenvalue weighted by atomic mass is 35.5. The van der Waals surface area contributed by atoms with Gasteiger partial charge in [0.05, 0.1) is 5.41 Å². The Hall–Kier alpha value is -1.55. The zero-order valence-corrected chi connectivity index (χ0v) is 13.6. The van der Waals surface area contributed by atoms with Gasteiger partial charge in [0.2, 0.25) is 11.8 Å². The van der Waals surface area contributed by atoms with Gasteiger partial charge in [-0.05, 0) is 37.0 Å². The van der Waals surface area contributed by atoms with E-state index in [4.69, 9.17) is 11.6 Å². The van der Waals surface area contributed by atoms with E-state index in [9.17, 15) is 9.59 Å². The Kier molecular flexibility index (Phi) is 4.13. The number of amides is 2. The zero-order valence-electron chi connectivity index (χ0n) is 12.8. The normalized spacial score (nSPS) is 20.5. The van der Waals surface area contributed by atoms with Gasteiger partial charge in [-0.3, -0.25) is 9.59 Å². The van der Waals surface area contributed by atoms with Gasteiger partial charge >= 0.3 is 0 Å². The van der Waals surface area contributed by atoms with E-state index in [1.165, 1.54) is 0 Å². The van der Waals surface area contributed by atoms with Crippen molar-refractivity contribution in [3.63, 3.8) is 0 Å². The lowest BCUT2D eigenvalue weighted by atomic mass is 9.94. The molecule has 1 saturated carbocycles. The quantitative estimate of drug-likeness (QED) is 0.840. The predicted octanol–water partition coefficient (Wildman–Crippen LogP) is 2.45. The van der Waals surface area contributed by atoms with Crippen molar-refractivity contribution in [2.24, 2.45) is 0 Å². The highest BCUT2D eigenvalue weighted by Crippen LogP contribution is 2.50. The first-order valence-corrected chi connectivity index (χ1v) is 8.22. The van der Waals surface area contributed by atoms with Crippen molar-refractivity contribution in [2.75, 3.05) is 26.2 Å². The van der Waals surface area contributed by atoms with Crippen LogP contribution < -0.4 is 0 Å². The molecular weight excluding hydrogens is 300 g/mol. The van der Waals surface area contributed by atoms with Gasteiger partial charge in [0.25, 0.3) is 0 Å². The summed E-state index contributed by atoms with van der Waals surface area (Å²) in [6.07, 6.45) is 2.62. The smallest absolute Gasteiger partial charge is 0.233 e. The van der Waals surface area contributed by atoms with Crippen LogP contribution in [0, 0.1) is 0 Å². The van der Waals surface area contributed by atoms with Gasteiger partial charge < -0.3 is 9.80 Å². The van der Waals surface area contributed by atoms with Gasteiger partial charge in [0.1, 0.15) is 0 Å². The summed E-state index contributed by atoms with van der Waals surface area (Å²) in [6.45, 7) is 4.31. The maximum Gasteiger partial charge on any atom is 0.233 e. The molecule has 0 aromatic heterocycles. The summed E-state index contributed by atoms with van der Waals surface area (Å²) in [4.78, 5) is 28.3. The third-order valence-corrected chi connectivity index (χ3v) is 5.00. The molecular formula is C17H21ClN2O2. The molecule has 3 rings (SSSR count). The standard InChI is InChI=1S/C17H21ClN2O2/c1-13(21)19-8-3-9-20(11-10-19)16(22)17(6-7-17)14-4-2-5-15(18)12-14/h2,4-5,12H,3,6-11H2,1H3. The van der Waals surface area contributed by atoms with Gasteiger partial charge in [-0.15, -0.1) is 0 Å². The average molecular weight is 321 g/mol. The molecule has 1 heterocycles. The Morgan fingerprint density at radius 1 is 1.09 bits per heavy atom. The van der Waals surface area contributed by atoms with Crippen molar-refractivity contribution in [3.05, 3.63) is 34.9 Å². The van der Waals surface area contributed by atoms with E-state index in [1.54, 1.807) is 6.92 Å². The third-order valence-electron chi connectivity index (χ3n) is 4.77. The second kappa shape index (κ2) is 5.92. The molecule has 1 aliphatic heterocycles. The number of hydrogen-bond acceptors (Lipinski definition) is 2. The van der Waals surface area contributed by atoms with Crippen LogP contribution in [0.15, 0.2) is 24.3 Å². The first-order chi connectivity index (χ1) is 10.5. The molecule has 0 radical (unpaired) electrons. The van der Waals surface area contributed by atoms with Crippen LogP contribution in [-0.4, -0.2) is 47.8 Å². The number of carbonyl (C=O) groups excluding carboxylic acids is 2. The van der Waals surface area contributed by atoms with Gasteiger partial charge in [-0.25, -0.2) is 0 Å². The fourth-order valence-corrected chi connectivity index (χ4v) is 3.47. The molecule has 2 amide bonds. The lowest BCUT2D eigenvalue weighted by molar-refractivity contribution is -0.134. The summed E-state index contributed by atoms with van der Waals surface area (Å²) in [7, 11) is 0. The van der Waals surface area contributed by atoms with Gasteiger partial charge in [0, 0.05) is 38.1 Å². The minimum absolute atomic E-state index is 0.0882. The number of benzene rings is 1. The van der Waals surface area contributed by atoms with Crippen molar-refractivity contribution < 1.29 is 9.59 Å². The number of carbonyl (C=O) groups is 2. The predicted molar refractivity (Wildman–Crippen MR) is 85.8 cm³/mol. The van der Waals surface area contributed by atoms with Crippen LogP contribution in [0.4, 0.5) is 0 Å². The summed E-state index contributed by atoms with van der Waals surface area (Å²) in [5, 5.41) is 0.676. The second-order valence-corrected chi connectivity index (χ2v) is 6.68. The van der Waals surface area contributed by atoms with Crippen molar-refractivity contribution >= 4 is 23.4 Å². The lowest BCUT2D eigenvalue weighted by Crippen LogP contribution is -2.42. The molecule has 1 aromatic carbocycles. The molecule has 0 spiro atoms. The van der Waals surface area contributed by atoms with Crippen LogP contribution >= 0.6 is 11.6 Å². The zero-order chi connectivity index (χ0) is 15.7. The molecule has 0 N–H and O–H groups in total. The summed E-state index contributed by atoms with van der Waals surface area (Å²) in [6, 6.07) is 7.65. The largest absolute Gasteiger partial charge is 0.341 e. The van der Waals surface area contributed by atoms with Crippen molar-refractivity contribution in [1.82, 2.24) is 9.80 Å². The van der Waals surface area contributed by atoms with Crippen LogP contribution in [0.2, 0.25) is 5.02 Å². The van der Waals surface area contributed by atoms with Crippen LogP contribution in [0.1, 0.15) is 31.7 Å². The van der Waals surface area contributed by atoms with E-state index in [2.05, 4.69) is 0 Å². The molecule has 4 nitrogen and oxygen atoms in total.